The highest BCUT2D eigenvalue weighted by molar-refractivity contribution is 5.74. The van der Waals surface area contributed by atoms with Crippen LogP contribution in [0.1, 0.15) is 40.0 Å². The summed E-state index contributed by atoms with van der Waals surface area (Å²) >= 11 is 0. The summed E-state index contributed by atoms with van der Waals surface area (Å²) in [5.74, 6) is 0.504. The van der Waals surface area contributed by atoms with Crippen molar-refractivity contribution in [3.05, 3.63) is 0 Å². The minimum absolute atomic E-state index is 0.0229. The van der Waals surface area contributed by atoms with Gasteiger partial charge in [-0.25, -0.2) is 4.79 Å². The molecular formula is C16H29N3O2. The van der Waals surface area contributed by atoms with Crippen LogP contribution in [0.15, 0.2) is 0 Å². The van der Waals surface area contributed by atoms with Crippen molar-refractivity contribution in [2.45, 2.75) is 58.2 Å². The van der Waals surface area contributed by atoms with Gasteiger partial charge in [0.25, 0.3) is 0 Å². The SMILES string of the molecule is CCN(CCNC(=O)N[C@@H]1[C@@H]2CCO[C@H]2C1(C)C)C1CC1. The van der Waals surface area contributed by atoms with E-state index in [2.05, 4.69) is 36.3 Å². The van der Waals surface area contributed by atoms with E-state index >= 15 is 0 Å². The van der Waals surface area contributed by atoms with Gasteiger partial charge in [-0.15, -0.1) is 0 Å². The summed E-state index contributed by atoms with van der Waals surface area (Å²) in [5.41, 5.74) is 0.0575. The van der Waals surface area contributed by atoms with E-state index in [1.807, 2.05) is 0 Å². The van der Waals surface area contributed by atoms with Gasteiger partial charge in [0.2, 0.25) is 0 Å². The lowest BCUT2D eigenvalue weighted by Crippen LogP contribution is -2.67. The third-order valence-electron chi connectivity index (χ3n) is 5.54. The number of carbonyl (C=O) groups is 1. The maximum absolute atomic E-state index is 12.1. The van der Waals surface area contributed by atoms with E-state index in [4.69, 9.17) is 4.74 Å². The maximum Gasteiger partial charge on any atom is 0.315 e. The Morgan fingerprint density at radius 2 is 2.10 bits per heavy atom. The van der Waals surface area contributed by atoms with Crippen LogP contribution in [0.2, 0.25) is 0 Å². The quantitative estimate of drug-likeness (QED) is 0.782. The van der Waals surface area contributed by atoms with Crippen LogP contribution < -0.4 is 10.6 Å². The van der Waals surface area contributed by atoms with Crippen LogP contribution in [0, 0.1) is 11.3 Å². The second kappa shape index (κ2) is 5.76. The van der Waals surface area contributed by atoms with Crippen LogP contribution in [-0.2, 0) is 4.74 Å². The maximum atomic E-state index is 12.1. The van der Waals surface area contributed by atoms with E-state index < -0.39 is 0 Å². The van der Waals surface area contributed by atoms with Gasteiger partial charge in [0.1, 0.15) is 0 Å². The summed E-state index contributed by atoms with van der Waals surface area (Å²) in [6, 6.07) is 0.989. The molecule has 3 rings (SSSR count). The zero-order valence-corrected chi connectivity index (χ0v) is 13.5. The number of rotatable bonds is 6. The van der Waals surface area contributed by atoms with Gasteiger partial charge >= 0.3 is 6.03 Å². The molecule has 1 aliphatic heterocycles. The number of ether oxygens (including phenoxy) is 1. The van der Waals surface area contributed by atoms with Crippen molar-refractivity contribution in [1.29, 1.82) is 0 Å². The Labute approximate surface area is 127 Å². The number of nitrogens with one attached hydrogen (secondary N) is 2. The number of hydrogen-bond acceptors (Lipinski definition) is 3. The van der Waals surface area contributed by atoms with E-state index in [1.165, 1.54) is 12.8 Å². The summed E-state index contributed by atoms with van der Waals surface area (Å²) in [7, 11) is 0. The van der Waals surface area contributed by atoms with Gasteiger partial charge in [-0.1, -0.05) is 20.8 Å². The molecule has 0 aromatic rings. The van der Waals surface area contributed by atoms with Crippen LogP contribution in [-0.4, -0.2) is 55.4 Å². The van der Waals surface area contributed by atoms with Crippen LogP contribution in [0.3, 0.4) is 0 Å². The molecule has 0 unspecified atom stereocenters. The molecule has 5 heteroatoms. The Morgan fingerprint density at radius 3 is 2.76 bits per heavy atom. The van der Waals surface area contributed by atoms with Crippen molar-refractivity contribution >= 4 is 6.03 Å². The summed E-state index contributed by atoms with van der Waals surface area (Å²) in [5, 5.41) is 6.18. The molecule has 0 radical (unpaired) electrons. The Hall–Kier alpha value is -0.810. The highest BCUT2D eigenvalue weighted by atomic mass is 16.5. The summed E-state index contributed by atoms with van der Waals surface area (Å²) in [6.45, 7) is 10.2. The third-order valence-corrected chi connectivity index (χ3v) is 5.54. The zero-order chi connectivity index (χ0) is 15.0. The van der Waals surface area contributed by atoms with Gasteiger partial charge in [-0.2, -0.15) is 0 Å². The number of nitrogens with zero attached hydrogens (tertiary/aromatic N) is 1. The first kappa shape index (κ1) is 15.1. The molecule has 5 nitrogen and oxygen atoms in total. The van der Waals surface area contributed by atoms with Crippen LogP contribution in [0.5, 0.6) is 0 Å². The van der Waals surface area contributed by atoms with Crippen molar-refractivity contribution < 1.29 is 9.53 Å². The fraction of sp³-hybridized carbons (Fsp3) is 0.938. The fourth-order valence-corrected chi connectivity index (χ4v) is 4.16. The predicted molar refractivity (Wildman–Crippen MR) is 82.2 cm³/mol. The zero-order valence-electron chi connectivity index (χ0n) is 13.5. The molecular weight excluding hydrogens is 266 g/mol. The Morgan fingerprint density at radius 1 is 1.33 bits per heavy atom. The lowest BCUT2D eigenvalue weighted by Gasteiger charge is -2.54. The average molecular weight is 295 g/mol. The molecule has 0 bridgehead atoms. The van der Waals surface area contributed by atoms with Crippen LogP contribution >= 0.6 is 0 Å². The number of hydrogen-bond donors (Lipinski definition) is 2. The molecule has 120 valence electrons. The summed E-state index contributed by atoms with van der Waals surface area (Å²) in [4.78, 5) is 14.5. The molecule has 3 atom stereocenters. The van der Waals surface area contributed by atoms with E-state index in [1.54, 1.807) is 0 Å². The van der Waals surface area contributed by atoms with E-state index in [0.29, 0.717) is 12.0 Å². The highest BCUT2D eigenvalue weighted by Crippen LogP contribution is 2.51. The van der Waals surface area contributed by atoms with Crippen LogP contribution in [0.25, 0.3) is 0 Å². The van der Waals surface area contributed by atoms with Gasteiger partial charge in [0.05, 0.1) is 6.10 Å². The molecule has 1 heterocycles. The fourth-order valence-electron chi connectivity index (χ4n) is 4.16. The first-order chi connectivity index (χ1) is 10.0. The van der Waals surface area contributed by atoms with Gasteiger partial charge in [-0.3, -0.25) is 4.90 Å². The molecule has 3 aliphatic rings. The topological polar surface area (TPSA) is 53.6 Å². The van der Waals surface area contributed by atoms with Crippen LogP contribution in [0.4, 0.5) is 4.79 Å². The number of fused-ring (bicyclic) bond motifs is 1. The first-order valence-electron chi connectivity index (χ1n) is 8.44. The molecule has 2 aliphatic carbocycles. The highest BCUT2D eigenvalue weighted by Gasteiger charge is 2.59. The van der Waals surface area contributed by atoms with Gasteiger partial charge in [0, 0.05) is 43.1 Å². The predicted octanol–water partition coefficient (Wildman–Crippen LogP) is 1.58. The van der Waals surface area contributed by atoms with E-state index in [0.717, 1.165) is 38.7 Å². The Kier molecular flexibility index (Phi) is 4.14. The van der Waals surface area contributed by atoms with Crippen molar-refractivity contribution in [1.82, 2.24) is 15.5 Å². The molecule has 21 heavy (non-hydrogen) atoms. The molecule has 3 fully saturated rings. The minimum Gasteiger partial charge on any atom is -0.377 e. The smallest absolute Gasteiger partial charge is 0.315 e. The van der Waals surface area contributed by atoms with Crippen molar-refractivity contribution in [3.8, 4) is 0 Å². The normalized spacial score (nSPS) is 33.4. The summed E-state index contributed by atoms with van der Waals surface area (Å²) < 4.78 is 5.76. The minimum atomic E-state index is -0.0229. The molecule has 0 aromatic heterocycles. The second-order valence-corrected chi connectivity index (χ2v) is 7.30. The Balaban J connectivity index is 1.40. The second-order valence-electron chi connectivity index (χ2n) is 7.30. The molecule has 2 saturated carbocycles. The van der Waals surface area contributed by atoms with Crippen molar-refractivity contribution in [2.75, 3.05) is 26.2 Å². The van der Waals surface area contributed by atoms with Crippen molar-refractivity contribution in [3.63, 3.8) is 0 Å². The third kappa shape index (κ3) is 2.90. The number of urea groups is 1. The van der Waals surface area contributed by atoms with Gasteiger partial charge < -0.3 is 15.4 Å². The molecule has 0 spiro atoms. The number of carbonyl (C=O) groups excluding carboxylic acids is 1. The molecule has 0 aromatic carbocycles. The summed E-state index contributed by atoms with van der Waals surface area (Å²) in [6.07, 6.45) is 4.04. The standard InChI is InChI=1S/C16H29N3O2/c1-4-19(11-5-6-11)9-8-17-15(20)18-13-12-7-10-21-14(12)16(13,2)3/h11-14H,4-10H2,1-3H3,(H2,17,18,20)/t12-,13+,14+/m0/s1. The molecule has 2 N–H and O–H groups in total. The average Bonchev–Trinajstić information content (AvgIpc) is 3.18. The lowest BCUT2D eigenvalue weighted by atomic mass is 9.57. The monoisotopic (exact) mass is 295 g/mol. The number of amides is 2. The van der Waals surface area contributed by atoms with Gasteiger partial charge in [-0.05, 0) is 25.8 Å². The lowest BCUT2D eigenvalue weighted by molar-refractivity contribution is -0.108. The first-order valence-corrected chi connectivity index (χ1v) is 8.44. The van der Waals surface area contributed by atoms with E-state index in [9.17, 15) is 4.79 Å². The van der Waals surface area contributed by atoms with Crippen molar-refractivity contribution in [2.24, 2.45) is 11.3 Å². The number of likely N-dealkylation sites (N-methyl/N-ethyl adjacent to an activating group) is 1. The van der Waals surface area contributed by atoms with E-state index in [-0.39, 0.29) is 17.5 Å². The largest absolute Gasteiger partial charge is 0.377 e. The van der Waals surface area contributed by atoms with Gasteiger partial charge in [0.15, 0.2) is 0 Å². The Bertz CT molecular complexity index is 395. The molecule has 2 amide bonds. The molecule has 1 saturated heterocycles.